The number of nitrogens with zero attached hydrogens (tertiary/aromatic N) is 4. The highest BCUT2D eigenvalue weighted by atomic mass is 35.5. The van der Waals surface area contributed by atoms with E-state index in [1.807, 2.05) is 17.1 Å². The first-order valence-corrected chi connectivity index (χ1v) is 10.5. The van der Waals surface area contributed by atoms with Crippen LogP contribution >= 0.6 is 11.6 Å². The lowest BCUT2D eigenvalue weighted by Gasteiger charge is -2.28. The van der Waals surface area contributed by atoms with E-state index in [2.05, 4.69) is 20.6 Å². The quantitative estimate of drug-likeness (QED) is 0.659. The molecule has 2 aliphatic rings. The number of benzene rings is 1. The van der Waals surface area contributed by atoms with Gasteiger partial charge in [0.05, 0.1) is 18.6 Å². The summed E-state index contributed by atoms with van der Waals surface area (Å²) in [4.78, 5) is 33.1. The molecule has 3 heterocycles. The average Bonchev–Trinajstić information content (AvgIpc) is 3.15. The highest BCUT2D eigenvalue weighted by molar-refractivity contribution is 6.30. The van der Waals surface area contributed by atoms with Crippen molar-refractivity contribution in [2.45, 2.75) is 12.8 Å². The zero-order chi connectivity index (χ0) is 20.9. The molecule has 1 aromatic heterocycles. The van der Waals surface area contributed by atoms with Crippen LogP contribution in [0.3, 0.4) is 0 Å². The molecular formula is C21H25ClN6O2. The lowest BCUT2D eigenvalue weighted by Crippen LogP contribution is -2.43. The Labute approximate surface area is 180 Å². The molecule has 2 aliphatic heterocycles. The van der Waals surface area contributed by atoms with Crippen molar-refractivity contribution in [2.24, 2.45) is 0 Å². The minimum Gasteiger partial charge on any atom is -0.354 e. The molecule has 1 aromatic carbocycles. The second-order valence-corrected chi connectivity index (χ2v) is 7.83. The van der Waals surface area contributed by atoms with Gasteiger partial charge in [-0.1, -0.05) is 11.6 Å². The summed E-state index contributed by atoms with van der Waals surface area (Å²) >= 11 is 5.86. The summed E-state index contributed by atoms with van der Waals surface area (Å²) in [5, 5.41) is 5.76. The van der Waals surface area contributed by atoms with E-state index in [1.54, 1.807) is 35.4 Å². The number of amides is 2. The molecule has 0 atom stereocenters. The predicted octanol–water partition coefficient (Wildman–Crippen LogP) is 2.51. The Morgan fingerprint density at radius 3 is 2.57 bits per heavy atom. The van der Waals surface area contributed by atoms with Crippen LogP contribution in [0.15, 0.2) is 42.6 Å². The van der Waals surface area contributed by atoms with Crippen molar-refractivity contribution in [3.8, 4) is 0 Å². The number of urea groups is 1. The van der Waals surface area contributed by atoms with Crippen molar-refractivity contribution in [3.05, 3.63) is 53.2 Å². The molecule has 0 spiro atoms. The second-order valence-electron chi connectivity index (χ2n) is 7.40. The lowest BCUT2D eigenvalue weighted by atomic mass is 10.1. The molecule has 0 saturated carbocycles. The van der Waals surface area contributed by atoms with Gasteiger partial charge in [-0.05, 0) is 42.8 Å². The van der Waals surface area contributed by atoms with E-state index >= 15 is 0 Å². The number of ketones is 1. The number of hydrogen-bond donors (Lipinski definition) is 2. The first-order valence-electron chi connectivity index (χ1n) is 10.1. The largest absolute Gasteiger partial charge is 0.354 e. The smallest absolute Gasteiger partial charge is 0.337 e. The van der Waals surface area contributed by atoms with Gasteiger partial charge < -0.3 is 10.2 Å². The summed E-state index contributed by atoms with van der Waals surface area (Å²) in [5.41, 5.74) is 4.26. The van der Waals surface area contributed by atoms with Crippen molar-refractivity contribution in [1.82, 2.24) is 20.7 Å². The summed E-state index contributed by atoms with van der Waals surface area (Å²) in [7, 11) is 0. The van der Waals surface area contributed by atoms with Gasteiger partial charge in [0.2, 0.25) is 0 Å². The molecule has 2 saturated heterocycles. The van der Waals surface area contributed by atoms with Gasteiger partial charge in [-0.2, -0.15) is 5.01 Å². The third-order valence-electron chi connectivity index (χ3n) is 5.29. The van der Waals surface area contributed by atoms with E-state index in [-0.39, 0.29) is 11.8 Å². The van der Waals surface area contributed by atoms with Crippen LogP contribution in [0.4, 0.5) is 16.3 Å². The minimum atomic E-state index is -0.184. The molecule has 0 aliphatic carbocycles. The molecule has 2 amide bonds. The Morgan fingerprint density at radius 1 is 1.10 bits per heavy atom. The highest BCUT2D eigenvalue weighted by Crippen LogP contribution is 2.21. The number of aromatic nitrogens is 1. The van der Waals surface area contributed by atoms with E-state index in [1.165, 1.54) is 0 Å². The fourth-order valence-corrected chi connectivity index (χ4v) is 3.75. The molecule has 0 radical (unpaired) electrons. The standard InChI is InChI=1S/C21H25ClN6O2/c22-17-5-3-16(4-6-17)19(29)2-1-11-27-15-28(21(30)25-27)18-7-8-20(24-14-18)26-12-9-23-10-13-26/h3-8,14,23H,1-2,9-13,15H2,(H,25,30). The summed E-state index contributed by atoms with van der Waals surface area (Å²) in [6.45, 7) is 4.77. The molecule has 2 aromatic rings. The molecule has 2 N–H and O–H groups in total. The number of halogens is 1. The van der Waals surface area contributed by atoms with E-state index in [9.17, 15) is 9.59 Å². The summed E-state index contributed by atoms with van der Waals surface area (Å²) in [6.07, 6.45) is 2.80. The summed E-state index contributed by atoms with van der Waals surface area (Å²) in [5.74, 6) is 0.999. The van der Waals surface area contributed by atoms with Gasteiger partial charge in [0.1, 0.15) is 5.82 Å². The first-order chi connectivity index (χ1) is 14.6. The Kier molecular flexibility index (Phi) is 6.47. The zero-order valence-corrected chi connectivity index (χ0v) is 17.4. The number of hydrazine groups is 1. The Balaban J connectivity index is 1.27. The van der Waals surface area contributed by atoms with Crippen LogP contribution in [0.1, 0.15) is 23.2 Å². The monoisotopic (exact) mass is 428 g/mol. The molecule has 158 valence electrons. The SMILES string of the molecule is O=C(CCCN1CN(c2ccc(N3CCNCC3)nc2)C(=O)N1)c1ccc(Cl)cc1. The van der Waals surface area contributed by atoms with Crippen LogP contribution in [0, 0.1) is 0 Å². The maximum Gasteiger partial charge on any atom is 0.337 e. The van der Waals surface area contributed by atoms with Gasteiger partial charge >= 0.3 is 6.03 Å². The van der Waals surface area contributed by atoms with Crippen molar-refractivity contribution in [2.75, 3.05) is 49.2 Å². The van der Waals surface area contributed by atoms with E-state index in [4.69, 9.17) is 11.6 Å². The Bertz CT molecular complexity index is 883. The number of hydrogen-bond acceptors (Lipinski definition) is 6. The zero-order valence-electron chi connectivity index (χ0n) is 16.7. The van der Waals surface area contributed by atoms with Gasteiger partial charge in [-0.25, -0.2) is 9.78 Å². The Morgan fingerprint density at radius 2 is 1.87 bits per heavy atom. The third kappa shape index (κ3) is 4.89. The second kappa shape index (κ2) is 9.42. The summed E-state index contributed by atoms with van der Waals surface area (Å²) in [6, 6.07) is 10.6. The number of carbonyl (C=O) groups is 2. The predicted molar refractivity (Wildman–Crippen MR) is 117 cm³/mol. The van der Waals surface area contributed by atoms with Gasteiger partial charge in [-0.3, -0.25) is 15.1 Å². The van der Waals surface area contributed by atoms with Crippen molar-refractivity contribution >= 4 is 34.9 Å². The van der Waals surface area contributed by atoms with Crippen LogP contribution in [-0.2, 0) is 0 Å². The van der Waals surface area contributed by atoms with Crippen LogP contribution in [-0.4, -0.2) is 61.2 Å². The topological polar surface area (TPSA) is 80.8 Å². The van der Waals surface area contributed by atoms with Crippen LogP contribution < -0.4 is 20.5 Å². The lowest BCUT2D eigenvalue weighted by molar-refractivity contribution is 0.0974. The highest BCUT2D eigenvalue weighted by Gasteiger charge is 2.28. The maximum absolute atomic E-state index is 12.4. The minimum absolute atomic E-state index is 0.0711. The molecule has 8 nitrogen and oxygen atoms in total. The number of Topliss-reactive ketones (excluding diaryl/α,β-unsaturated/α-hetero) is 1. The normalized spacial score (nSPS) is 17.3. The van der Waals surface area contributed by atoms with E-state index in [0.717, 1.165) is 37.7 Å². The summed E-state index contributed by atoms with van der Waals surface area (Å²) < 4.78 is 0. The number of anilines is 2. The van der Waals surface area contributed by atoms with Gasteiger partial charge in [0.15, 0.2) is 5.78 Å². The molecule has 0 unspecified atom stereocenters. The molecular weight excluding hydrogens is 404 g/mol. The number of pyridine rings is 1. The van der Waals surface area contributed by atoms with Crippen molar-refractivity contribution < 1.29 is 9.59 Å². The average molecular weight is 429 g/mol. The van der Waals surface area contributed by atoms with Gasteiger partial charge in [-0.15, -0.1) is 0 Å². The maximum atomic E-state index is 12.4. The molecule has 0 bridgehead atoms. The van der Waals surface area contributed by atoms with Gasteiger partial charge in [0, 0.05) is 49.7 Å². The number of rotatable bonds is 7. The number of carbonyl (C=O) groups excluding carboxylic acids is 2. The van der Waals surface area contributed by atoms with Crippen LogP contribution in [0.25, 0.3) is 0 Å². The first kappa shape index (κ1) is 20.6. The molecule has 4 rings (SSSR count). The molecule has 9 heteroatoms. The van der Waals surface area contributed by atoms with E-state index in [0.29, 0.717) is 36.6 Å². The Hall–Kier alpha value is -2.68. The van der Waals surface area contributed by atoms with Crippen LogP contribution in [0.2, 0.25) is 5.02 Å². The number of nitrogens with one attached hydrogen (secondary N) is 2. The van der Waals surface area contributed by atoms with Crippen LogP contribution in [0.5, 0.6) is 0 Å². The fourth-order valence-electron chi connectivity index (χ4n) is 3.62. The molecule has 2 fully saturated rings. The van der Waals surface area contributed by atoms with Crippen molar-refractivity contribution in [3.63, 3.8) is 0 Å². The van der Waals surface area contributed by atoms with Gasteiger partial charge in [0.25, 0.3) is 0 Å². The van der Waals surface area contributed by atoms with Crippen molar-refractivity contribution in [1.29, 1.82) is 0 Å². The van der Waals surface area contributed by atoms with E-state index < -0.39 is 0 Å². The third-order valence-corrected chi connectivity index (χ3v) is 5.55. The fraction of sp³-hybridized carbons (Fsp3) is 0.381. The molecule has 30 heavy (non-hydrogen) atoms. The number of piperazine rings is 1.